The van der Waals surface area contributed by atoms with E-state index >= 15 is 0 Å². The molecule has 4 aromatic rings. The second-order valence-corrected chi connectivity index (χ2v) is 9.52. The number of hydrogen-bond donors (Lipinski definition) is 3. The van der Waals surface area contributed by atoms with E-state index in [1.165, 1.54) is 0 Å². The Morgan fingerprint density at radius 1 is 1.03 bits per heavy atom. The maximum absolute atomic E-state index is 6.14. The molecule has 0 spiro atoms. The molecule has 7 nitrogen and oxygen atoms in total. The zero-order valence-corrected chi connectivity index (χ0v) is 21.5. The molecule has 0 aliphatic rings. The van der Waals surface area contributed by atoms with Crippen molar-refractivity contribution in [1.82, 2.24) is 25.2 Å². The summed E-state index contributed by atoms with van der Waals surface area (Å²) in [6.45, 7) is 6.96. The lowest BCUT2D eigenvalue weighted by atomic mass is 10.1. The van der Waals surface area contributed by atoms with Gasteiger partial charge < -0.3 is 25.3 Å². The van der Waals surface area contributed by atoms with Gasteiger partial charge in [0.2, 0.25) is 0 Å². The van der Waals surface area contributed by atoms with Crippen molar-refractivity contribution in [2.24, 2.45) is 0 Å². The third-order valence-electron chi connectivity index (χ3n) is 5.50. The molecule has 2 aromatic carbocycles. The summed E-state index contributed by atoms with van der Waals surface area (Å²) in [5, 5.41) is 8.64. The van der Waals surface area contributed by atoms with Crippen LogP contribution in [-0.4, -0.2) is 53.1 Å². The minimum Gasteiger partial charge on any atom is -0.487 e. The average Bonchev–Trinajstić information content (AvgIpc) is 3.17. The molecule has 3 N–H and O–H groups in total. The standard InChI is InChI=1S/C27H33ClN6O/c1-18(2)29-13-14-30-26-24-22(16-34(3)4)23(17-35-21-12-8-11-20(28)15-21)31-27(24)33-25(32-26)19-9-6-5-7-10-19/h5-12,15,18,29H,13-14,16-17H2,1-4H3,(H2,30,31,32,33). The molecule has 2 heterocycles. The van der Waals surface area contributed by atoms with Gasteiger partial charge in [-0.25, -0.2) is 9.97 Å². The first kappa shape index (κ1) is 25.0. The van der Waals surface area contributed by atoms with E-state index in [-0.39, 0.29) is 0 Å². The number of nitrogens with one attached hydrogen (secondary N) is 3. The van der Waals surface area contributed by atoms with Crippen LogP contribution in [0.5, 0.6) is 5.75 Å². The number of ether oxygens (including phenoxy) is 1. The Bertz CT molecular complexity index is 1260. The number of fused-ring (bicyclic) bond motifs is 1. The van der Waals surface area contributed by atoms with Gasteiger partial charge in [-0.05, 0) is 32.3 Å². The number of aromatic nitrogens is 3. The average molecular weight is 493 g/mol. The molecular formula is C27H33ClN6O. The summed E-state index contributed by atoms with van der Waals surface area (Å²) < 4.78 is 6.09. The summed E-state index contributed by atoms with van der Waals surface area (Å²) in [6, 6.07) is 17.9. The Kier molecular flexibility index (Phi) is 8.23. The molecular weight excluding hydrogens is 460 g/mol. The Morgan fingerprint density at radius 2 is 1.83 bits per heavy atom. The maximum Gasteiger partial charge on any atom is 0.163 e. The van der Waals surface area contributed by atoms with E-state index in [4.69, 9.17) is 26.3 Å². The number of anilines is 1. The molecule has 0 amide bonds. The van der Waals surface area contributed by atoms with Crippen molar-refractivity contribution in [3.05, 3.63) is 70.9 Å². The van der Waals surface area contributed by atoms with Crippen molar-refractivity contribution in [3.8, 4) is 17.1 Å². The van der Waals surface area contributed by atoms with Crippen LogP contribution in [0, 0.1) is 0 Å². The van der Waals surface area contributed by atoms with Crippen LogP contribution in [0.15, 0.2) is 54.6 Å². The number of halogens is 1. The SMILES string of the molecule is CC(C)NCCNc1nc(-c2ccccc2)nc2[nH]c(COc3cccc(Cl)c3)c(CN(C)C)c12. The molecule has 8 heteroatoms. The predicted octanol–water partition coefficient (Wildman–Crippen LogP) is 5.33. The fourth-order valence-corrected chi connectivity index (χ4v) is 4.10. The molecule has 2 aromatic heterocycles. The van der Waals surface area contributed by atoms with Gasteiger partial charge in [0.1, 0.15) is 23.8 Å². The van der Waals surface area contributed by atoms with E-state index in [0.29, 0.717) is 23.5 Å². The lowest BCUT2D eigenvalue weighted by Gasteiger charge is -2.15. The topological polar surface area (TPSA) is 78.1 Å². The number of H-pyrrole nitrogens is 1. The monoisotopic (exact) mass is 492 g/mol. The molecule has 4 rings (SSSR count). The van der Waals surface area contributed by atoms with Gasteiger partial charge >= 0.3 is 0 Å². The minimum atomic E-state index is 0.370. The van der Waals surface area contributed by atoms with Crippen LogP contribution in [-0.2, 0) is 13.2 Å². The van der Waals surface area contributed by atoms with E-state index in [0.717, 1.165) is 59.1 Å². The third kappa shape index (κ3) is 6.51. The summed E-state index contributed by atoms with van der Waals surface area (Å²) in [5.74, 6) is 2.22. The van der Waals surface area contributed by atoms with Crippen LogP contribution in [0.4, 0.5) is 5.82 Å². The lowest BCUT2D eigenvalue weighted by Crippen LogP contribution is -2.28. The van der Waals surface area contributed by atoms with Crippen LogP contribution in [0.1, 0.15) is 25.1 Å². The van der Waals surface area contributed by atoms with Gasteiger partial charge in [-0.3, -0.25) is 0 Å². The number of hydrogen-bond acceptors (Lipinski definition) is 6. The highest BCUT2D eigenvalue weighted by Gasteiger charge is 2.20. The zero-order chi connectivity index (χ0) is 24.8. The fraction of sp³-hybridized carbons (Fsp3) is 0.333. The zero-order valence-electron chi connectivity index (χ0n) is 20.7. The molecule has 0 saturated carbocycles. The Hall–Kier alpha value is -3.13. The largest absolute Gasteiger partial charge is 0.487 e. The highest BCUT2D eigenvalue weighted by Crippen LogP contribution is 2.31. The van der Waals surface area contributed by atoms with Crippen LogP contribution in [0.2, 0.25) is 5.02 Å². The van der Waals surface area contributed by atoms with Crippen molar-refractivity contribution in [2.45, 2.75) is 33.0 Å². The van der Waals surface area contributed by atoms with E-state index in [1.54, 1.807) is 0 Å². The van der Waals surface area contributed by atoms with Crippen molar-refractivity contribution in [2.75, 3.05) is 32.5 Å². The van der Waals surface area contributed by atoms with Gasteiger partial charge in [0.15, 0.2) is 5.82 Å². The molecule has 184 valence electrons. The summed E-state index contributed by atoms with van der Waals surface area (Å²) >= 11 is 6.14. The Balaban J connectivity index is 1.74. The lowest BCUT2D eigenvalue weighted by molar-refractivity contribution is 0.298. The second-order valence-electron chi connectivity index (χ2n) is 9.09. The Labute approximate surface area is 211 Å². The first-order chi connectivity index (χ1) is 16.9. The molecule has 0 fully saturated rings. The van der Waals surface area contributed by atoms with Gasteiger partial charge in [0, 0.05) is 41.8 Å². The van der Waals surface area contributed by atoms with Crippen LogP contribution < -0.4 is 15.4 Å². The molecule has 0 atom stereocenters. The van der Waals surface area contributed by atoms with Crippen molar-refractivity contribution in [3.63, 3.8) is 0 Å². The molecule has 0 saturated heterocycles. The van der Waals surface area contributed by atoms with E-state index in [2.05, 4.69) is 48.5 Å². The molecule has 0 aliphatic carbocycles. The minimum absolute atomic E-state index is 0.370. The van der Waals surface area contributed by atoms with E-state index < -0.39 is 0 Å². The number of rotatable bonds is 11. The third-order valence-corrected chi connectivity index (χ3v) is 5.74. The van der Waals surface area contributed by atoms with Gasteiger partial charge in [-0.15, -0.1) is 0 Å². The first-order valence-corrected chi connectivity index (χ1v) is 12.3. The number of nitrogens with zero attached hydrogens (tertiary/aromatic N) is 3. The van der Waals surface area contributed by atoms with Crippen molar-refractivity contribution in [1.29, 1.82) is 0 Å². The van der Waals surface area contributed by atoms with E-state index in [1.807, 2.05) is 54.6 Å². The predicted molar refractivity (Wildman–Crippen MR) is 144 cm³/mol. The van der Waals surface area contributed by atoms with Crippen LogP contribution >= 0.6 is 11.6 Å². The van der Waals surface area contributed by atoms with Gasteiger partial charge in [0.05, 0.1) is 11.1 Å². The van der Waals surface area contributed by atoms with Crippen LogP contribution in [0.25, 0.3) is 22.4 Å². The van der Waals surface area contributed by atoms with E-state index in [9.17, 15) is 0 Å². The molecule has 0 aliphatic heterocycles. The number of benzene rings is 2. The maximum atomic E-state index is 6.14. The van der Waals surface area contributed by atoms with Crippen molar-refractivity contribution < 1.29 is 4.74 Å². The molecule has 35 heavy (non-hydrogen) atoms. The Morgan fingerprint density at radius 3 is 2.54 bits per heavy atom. The molecule has 0 bridgehead atoms. The number of aromatic amines is 1. The van der Waals surface area contributed by atoms with Crippen LogP contribution in [0.3, 0.4) is 0 Å². The molecule has 0 unspecified atom stereocenters. The first-order valence-electron chi connectivity index (χ1n) is 11.9. The summed E-state index contributed by atoms with van der Waals surface area (Å²) in [6.07, 6.45) is 0. The summed E-state index contributed by atoms with van der Waals surface area (Å²) in [5.41, 5.74) is 3.85. The fourth-order valence-electron chi connectivity index (χ4n) is 3.92. The quantitative estimate of drug-likeness (QED) is 0.246. The molecule has 0 radical (unpaired) electrons. The summed E-state index contributed by atoms with van der Waals surface area (Å²) in [4.78, 5) is 15.5. The van der Waals surface area contributed by atoms with Crippen molar-refractivity contribution >= 4 is 28.5 Å². The normalized spacial score (nSPS) is 11.5. The summed E-state index contributed by atoms with van der Waals surface area (Å²) in [7, 11) is 4.11. The highest BCUT2D eigenvalue weighted by molar-refractivity contribution is 6.30. The van der Waals surface area contributed by atoms with Gasteiger partial charge in [0.25, 0.3) is 0 Å². The highest BCUT2D eigenvalue weighted by atomic mass is 35.5. The second kappa shape index (κ2) is 11.5. The van der Waals surface area contributed by atoms with Gasteiger partial charge in [-0.2, -0.15) is 0 Å². The smallest absolute Gasteiger partial charge is 0.163 e. The van der Waals surface area contributed by atoms with Gasteiger partial charge in [-0.1, -0.05) is 61.8 Å².